The largest absolute Gasteiger partial charge is 0.358 e. The number of nitrogens with one attached hydrogen (secondary N) is 2. The van der Waals surface area contributed by atoms with E-state index >= 15 is 0 Å². The van der Waals surface area contributed by atoms with Crippen molar-refractivity contribution in [2.45, 2.75) is 19.4 Å². The standard InChI is InChI=1S/C12H17BrN2O/c1-9(15-8-12(16)14-2)7-10-3-5-11(13)6-4-10/h3-6,9,15H,7-8H2,1-2H3,(H,14,16). The quantitative estimate of drug-likeness (QED) is 0.865. The van der Waals surface area contributed by atoms with Gasteiger partial charge in [-0.2, -0.15) is 0 Å². The lowest BCUT2D eigenvalue weighted by Gasteiger charge is -2.13. The van der Waals surface area contributed by atoms with E-state index in [-0.39, 0.29) is 5.91 Å². The molecular formula is C12H17BrN2O. The smallest absolute Gasteiger partial charge is 0.233 e. The molecule has 0 radical (unpaired) electrons. The molecule has 0 heterocycles. The van der Waals surface area contributed by atoms with Crippen LogP contribution in [0.4, 0.5) is 0 Å². The summed E-state index contributed by atoms with van der Waals surface area (Å²) in [4.78, 5) is 11.0. The number of likely N-dealkylation sites (N-methyl/N-ethyl adjacent to an activating group) is 1. The second kappa shape index (κ2) is 6.66. The Hall–Kier alpha value is -0.870. The summed E-state index contributed by atoms with van der Waals surface area (Å²) in [6, 6.07) is 8.52. The van der Waals surface area contributed by atoms with Gasteiger partial charge >= 0.3 is 0 Å². The van der Waals surface area contributed by atoms with Crippen molar-refractivity contribution in [3.63, 3.8) is 0 Å². The van der Waals surface area contributed by atoms with Crippen molar-refractivity contribution < 1.29 is 4.79 Å². The molecule has 0 saturated heterocycles. The van der Waals surface area contributed by atoms with Crippen LogP contribution in [0.15, 0.2) is 28.7 Å². The number of amides is 1. The van der Waals surface area contributed by atoms with Crippen molar-refractivity contribution in [1.82, 2.24) is 10.6 Å². The van der Waals surface area contributed by atoms with Gasteiger partial charge in [-0.05, 0) is 31.0 Å². The predicted molar refractivity (Wildman–Crippen MR) is 69.4 cm³/mol. The molecule has 0 spiro atoms. The van der Waals surface area contributed by atoms with Gasteiger partial charge < -0.3 is 10.6 Å². The van der Waals surface area contributed by atoms with Crippen molar-refractivity contribution in [3.8, 4) is 0 Å². The summed E-state index contributed by atoms with van der Waals surface area (Å²) in [6.07, 6.45) is 0.921. The van der Waals surface area contributed by atoms with Gasteiger partial charge in [-0.15, -0.1) is 0 Å². The molecule has 16 heavy (non-hydrogen) atoms. The first kappa shape index (κ1) is 13.2. The molecule has 0 fully saturated rings. The number of carbonyl (C=O) groups is 1. The van der Waals surface area contributed by atoms with Gasteiger partial charge in [0.2, 0.25) is 5.91 Å². The van der Waals surface area contributed by atoms with Crippen molar-refractivity contribution in [3.05, 3.63) is 34.3 Å². The van der Waals surface area contributed by atoms with Gasteiger partial charge in [-0.25, -0.2) is 0 Å². The molecule has 4 heteroatoms. The third kappa shape index (κ3) is 4.77. The van der Waals surface area contributed by atoms with E-state index < -0.39 is 0 Å². The molecule has 1 aromatic carbocycles. The number of halogens is 1. The van der Waals surface area contributed by atoms with Crippen molar-refractivity contribution in [2.24, 2.45) is 0 Å². The molecular weight excluding hydrogens is 268 g/mol. The SMILES string of the molecule is CNC(=O)CNC(C)Cc1ccc(Br)cc1. The first-order valence-corrected chi connectivity index (χ1v) is 6.09. The van der Waals surface area contributed by atoms with Crippen LogP contribution in [0.3, 0.4) is 0 Å². The van der Waals surface area contributed by atoms with Gasteiger partial charge in [0.25, 0.3) is 0 Å². The van der Waals surface area contributed by atoms with Crippen LogP contribution >= 0.6 is 15.9 Å². The Labute approximate surface area is 105 Å². The molecule has 1 atom stereocenters. The summed E-state index contributed by atoms with van der Waals surface area (Å²) in [5.41, 5.74) is 1.26. The Balaban J connectivity index is 2.36. The fourth-order valence-electron chi connectivity index (χ4n) is 1.40. The minimum atomic E-state index is 0.0163. The normalized spacial score (nSPS) is 12.2. The van der Waals surface area contributed by atoms with E-state index in [0.29, 0.717) is 12.6 Å². The second-order valence-electron chi connectivity index (χ2n) is 3.79. The van der Waals surface area contributed by atoms with E-state index in [9.17, 15) is 4.79 Å². The molecule has 0 saturated carbocycles. The topological polar surface area (TPSA) is 41.1 Å². The van der Waals surface area contributed by atoms with E-state index in [0.717, 1.165) is 10.9 Å². The van der Waals surface area contributed by atoms with Gasteiger partial charge in [0.05, 0.1) is 6.54 Å². The van der Waals surface area contributed by atoms with Crippen LogP contribution in [-0.4, -0.2) is 25.5 Å². The first-order chi connectivity index (χ1) is 7.61. The molecule has 2 N–H and O–H groups in total. The van der Waals surface area contributed by atoms with Crippen LogP contribution < -0.4 is 10.6 Å². The molecule has 1 aromatic rings. The van der Waals surface area contributed by atoms with Gasteiger partial charge in [-0.1, -0.05) is 28.1 Å². The summed E-state index contributed by atoms with van der Waals surface area (Å²) >= 11 is 3.40. The van der Waals surface area contributed by atoms with E-state index in [4.69, 9.17) is 0 Å². The fourth-order valence-corrected chi connectivity index (χ4v) is 1.67. The first-order valence-electron chi connectivity index (χ1n) is 5.30. The molecule has 0 bridgehead atoms. The Kier molecular flexibility index (Phi) is 5.49. The lowest BCUT2D eigenvalue weighted by molar-refractivity contribution is -0.119. The van der Waals surface area contributed by atoms with Gasteiger partial charge in [0, 0.05) is 17.6 Å². The molecule has 1 rings (SSSR count). The minimum absolute atomic E-state index is 0.0163. The Morgan fingerprint density at radius 2 is 2.00 bits per heavy atom. The maximum atomic E-state index is 11.0. The minimum Gasteiger partial charge on any atom is -0.358 e. The monoisotopic (exact) mass is 284 g/mol. The summed E-state index contributed by atoms with van der Waals surface area (Å²) in [5, 5.41) is 5.76. The van der Waals surface area contributed by atoms with Crippen molar-refractivity contribution >= 4 is 21.8 Å². The van der Waals surface area contributed by atoms with Crippen molar-refractivity contribution in [2.75, 3.05) is 13.6 Å². The van der Waals surface area contributed by atoms with Crippen LogP contribution in [0.2, 0.25) is 0 Å². The van der Waals surface area contributed by atoms with Crippen LogP contribution in [0.5, 0.6) is 0 Å². The zero-order valence-corrected chi connectivity index (χ0v) is 11.2. The van der Waals surface area contributed by atoms with Gasteiger partial charge in [0.15, 0.2) is 0 Å². The zero-order chi connectivity index (χ0) is 12.0. The summed E-state index contributed by atoms with van der Waals surface area (Å²) in [5.74, 6) is 0.0163. The summed E-state index contributed by atoms with van der Waals surface area (Å²) in [7, 11) is 1.64. The summed E-state index contributed by atoms with van der Waals surface area (Å²) in [6.45, 7) is 2.44. The van der Waals surface area contributed by atoms with Gasteiger partial charge in [-0.3, -0.25) is 4.79 Å². The molecule has 0 aliphatic heterocycles. The predicted octanol–water partition coefficient (Wildman–Crippen LogP) is 1.72. The van der Waals surface area contributed by atoms with Gasteiger partial charge in [0.1, 0.15) is 0 Å². The van der Waals surface area contributed by atoms with Crippen LogP contribution in [0.1, 0.15) is 12.5 Å². The number of rotatable bonds is 5. The van der Waals surface area contributed by atoms with Crippen LogP contribution in [0, 0.1) is 0 Å². The Bertz CT molecular complexity index is 337. The van der Waals surface area contributed by atoms with E-state index in [1.54, 1.807) is 7.05 Å². The average molecular weight is 285 g/mol. The maximum absolute atomic E-state index is 11.0. The molecule has 1 unspecified atom stereocenters. The number of hydrogen-bond acceptors (Lipinski definition) is 2. The lowest BCUT2D eigenvalue weighted by atomic mass is 10.1. The van der Waals surface area contributed by atoms with Crippen LogP contribution in [-0.2, 0) is 11.2 Å². The third-order valence-electron chi connectivity index (χ3n) is 2.35. The highest BCUT2D eigenvalue weighted by Crippen LogP contribution is 2.11. The highest BCUT2D eigenvalue weighted by molar-refractivity contribution is 9.10. The van der Waals surface area contributed by atoms with E-state index in [1.807, 2.05) is 12.1 Å². The Morgan fingerprint density at radius 3 is 2.56 bits per heavy atom. The Morgan fingerprint density at radius 1 is 1.38 bits per heavy atom. The zero-order valence-electron chi connectivity index (χ0n) is 9.59. The molecule has 0 aliphatic carbocycles. The fraction of sp³-hybridized carbons (Fsp3) is 0.417. The second-order valence-corrected chi connectivity index (χ2v) is 4.70. The van der Waals surface area contributed by atoms with E-state index in [2.05, 4.69) is 45.6 Å². The number of hydrogen-bond donors (Lipinski definition) is 2. The molecule has 1 amide bonds. The number of benzene rings is 1. The van der Waals surface area contributed by atoms with E-state index in [1.165, 1.54) is 5.56 Å². The molecule has 0 aliphatic rings. The average Bonchev–Trinajstić information content (AvgIpc) is 2.29. The van der Waals surface area contributed by atoms with Crippen molar-refractivity contribution in [1.29, 1.82) is 0 Å². The maximum Gasteiger partial charge on any atom is 0.233 e. The molecule has 88 valence electrons. The van der Waals surface area contributed by atoms with Crippen LogP contribution in [0.25, 0.3) is 0 Å². The summed E-state index contributed by atoms with van der Waals surface area (Å²) < 4.78 is 1.09. The molecule has 3 nitrogen and oxygen atoms in total. The third-order valence-corrected chi connectivity index (χ3v) is 2.87. The number of carbonyl (C=O) groups excluding carboxylic acids is 1. The molecule has 0 aromatic heterocycles. The highest BCUT2D eigenvalue weighted by atomic mass is 79.9. The highest BCUT2D eigenvalue weighted by Gasteiger charge is 2.05. The lowest BCUT2D eigenvalue weighted by Crippen LogP contribution is -2.37.